The second-order valence-electron chi connectivity index (χ2n) is 2.57. The summed E-state index contributed by atoms with van der Waals surface area (Å²) in [4.78, 5) is 33.5. The Morgan fingerprint density at radius 2 is 2.21 bits per heavy atom. The number of aromatic amines is 1. The number of carbonyl (C=O) groups is 1. The van der Waals surface area contributed by atoms with E-state index in [4.69, 9.17) is 5.11 Å². The van der Waals surface area contributed by atoms with Crippen LogP contribution < -0.4 is 5.43 Å². The molecule has 2 N–H and O–H groups in total. The van der Waals surface area contributed by atoms with Gasteiger partial charge in [0, 0.05) is 5.69 Å². The minimum absolute atomic E-state index is 0.0908. The van der Waals surface area contributed by atoms with Crippen LogP contribution in [0.5, 0.6) is 0 Å². The van der Waals surface area contributed by atoms with Crippen molar-refractivity contribution in [3.8, 4) is 0 Å². The van der Waals surface area contributed by atoms with Crippen LogP contribution in [0.25, 0.3) is 0 Å². The van der Waals surface area contributed by atoms with Crippen LogP contribution in [0.4, 0.5) is 5.69 Å². The number of hydrogen-bond acceptors (Lipinski definition) is 4. The number of nitro groups is 1. The Labute approximate surface area is 77.2 Å². The second-order valence-corrected chi connectivity index (χ2v) is 2.57. The number of rotatable bonds is 2. The minimum atomic E-state index is -1.48. The molecule has 0 saturated carbocycles. The maximum atomic E-state index is 11.2. The average Bonchev–Trinajstić information content (AvgIpc) is 2.02. The molecule has 1 heterocycles. The first-order valence-corrected chi connectivity index (χ1v) is 3.55. The molecule has 14 heavy (non-hydrogen) atoms. The molecule has 0 aliphatic heterocycles. The molecule has 0 aromatic carbocycles. The van der Waals surface area contributed by atoms with E-state index >= 15 is 0 Å². The van der Waals surface area contributed by atoms with Gasteiger partial charge < -0.3 is 10.1 Å². The molecule has 1 aromatic rings. The molecule has 0 aliphatic carbocycles. The summed E-state index contributed by atoms with van der Waals surface area (Å²) in [5.41, 5.74) is -2.36. The van der Waals surface area contributed by atoms with Gasteiger partial charge in [0.1, 0.15) is 5.56 Å². The molecule has 0 amide bonds. The highest BCUT2D eigenvalue weighted by Gasteiger charge is 2.21. The zero-order chi connectivity index (χ0) is 10.9. The summed E-state index contributed by atoms with van der Waals surface area (Å²) < 4.78 is 0. The fourth-order valence-corrected chi connectivity index (χ4v) is 1.01. The minimum Gasteiger partial charge on any atom is -0.477 e. The van der Waals surface area contributed by atoms with E-state index in [2.05, 4.69) is 4.98 Å². The number of hydrogen-bond donors (Lipinski definition) is 2. The molecular weight excluding hydrogens is 192 g/mol. The van der Waals surface area contributed by atoms with Crippen molar-refractivity contribution in [3.63, 3.8) is 0 Å². The van der Waals surface area contributed by atoms with Crippen LogP contribution in [0.3, 0.4) is 0 Å². The molecular formula is C7H6N2O5. The lowest BCUT2D eigenvalue weighted by molar-refractivity contribution is -0.386. The average molecular weight is 198 g/mol. The van der Waals surface area contributed by atoms with Gasteiger partial charge in [-0.1, -0.05) is 0 Å². The predicted molar refractivity (Wildman–Crippen MR) is 45.4 cm³/mol. The van der Waals surface area contributed by atoms with Crippen LogP contribution in [0.15, 0.2) is 11.0 Å². The standard InChI is InChI=1S/C7H6N2O5/c1-3-5(7(11)12)6(10)4(2-8-3)9(13)14/h2H,1H3,(H,8,10)(H,11,12). The fraction of sp³-hybridized carbons (Fsp3) is 0.143. The van der Waals surface area contributed by atoms with Crippen LogP contribution in [0, 0.1) is 17.0 Å². The summed E-state index contributed by atoms with van der Waals surface area (Å²) in [7, 11) is 0. The van der Waals surface area contributed by atoms with Crippen molar-refractivity contribution in [1.82, 2.24) is 4.98 Å². The number of nitrogens with zero attached hydrogens (tertiary/aromatic N) is 1. The van der Waals surface area contributed by atoms with Gasteiger partial charge in [0.05, 0.1) is 11.1 Å². The predicted octanol–water partition coefficient (Wildman–Crippen LogP) is 0.290. The maximum Gasteiger partial charge on any atom is 0.341 e. The van der Waals surface area contributed by atoms with Crippen molar-refractivity contribution in [2.75, 3.05) is 0 Å². The van der Waals surface area contributed by atoms with Gasteiger partial charge >= 0.3 is 11.7 Å². The largest absolute Gasteiger partial charge is 0.477 e. The van der Waals surface area contributed by atoms with Crippen LogP contribution in [-0.2, 0) is 0 Å². The molecule has 74 valence electrons. The third-order valence-corrected chi connectivity index (χ3v) is 1.67. The van der Waals surface area contributed by atoms with Crippen LogP contribution >= 0.6 is 0 Å². The summed E-state index contributed by atoms with van der Waals surface area (Å²) in [6.07, 6.45) is 0.879. The highest BCUT2D eigenvalue weighted by Crippen LogP contribution is 2.06. The van der Waals surface area contributed by atoms with E-state index in [0.29, 0.717) is 0 Å². The zero-order valence-electron chi connectivity index (χ0n) is 7.10. The maximum absolute atomic E-state index is 11.2. The quantitative estimate of drug-likeness (QED) is 0.523. The smallest absolute Gasteiger partial charge is 0.341 e. The van der Waals surface area contributed by atoms with E-state index in [0.717, 1.165) is 6.20 Å². The number of carboxylic acid groups (broad SMARTS) is 1. The highest BCUT2D eigenvalue weighted by atomic mass is 16.6. The first kappa shape index (κ1) is 9.90. The van der Waals surface area contributed by atoms with Gasteiger partial charge in [0.25, 0.3) is 5.43 Å². The van der Waals surface area contributed by atoms with Crippen molar-refractivity contribution in [1.29, 1.82) is 0 Å². The van der Waals surface area contributed by atoms with Gasteiger partial charge in [0.2, 0.25) is 0 Å². The number of pyridine rings is 1. The number of aromatic nitrogens is 1. The molecule has 0 spiro atoms. The molecule has 0 radical (unpaired) electrons. The van der Waals surface area contributed by atoms with Crippen molar-refractivity contribution in [3.05, 3.63) is 37.8 Å². The Morgan fingerprint density at radius 1 is 1.64 bits per heavy atom. The van der Waals surface area contributed by atoms with E-state index in [1.54, 1.807) is 0 Å². The van der Waals surface area contributed by atoms with E-state index in [-0.39, 0.29) is 5.69 Å². The van der Waals surface area contributed by atoms with Crippen molar-refractivity contribution in [2.24, 2.45) is 0 Å². The van der Waals surface area contributed by atoms with Crippen molar-refractivity contribution in [2.45, 2.75) is 6.92 Å². The van der Waals surface area contributed by atoms with Gasteiger partial charge in [-0.2, -0.15) is 0 Å². The molecule has 0 atom stereocenters. The van der Waals surface area contributed by atoms with Gasteiger partial charge in [-0.15, -0.1) is 0 Å². The van der Waals surface area contributed by atoms with Gasteiger partial charge in [-0.25, -0.2) is 4.79 Å². The zero-order valence-corrected chi connectivity index (χ0v) is 7.10. The number of H-pyrrole nitrogens is 1. The number of aryl methyl sites for hydroxylation is 1. The van der Waals surface area contributed by atoms with Gasteiger partial charge in [0.15, 0.2) is 0 Å². The van der Waals surface area contributed by atoms with Gasteiger partial charge in [-0.05, 0) is 6.92 Å². The molecule has 0 bridgehead atoms. The molecule has 0 fully saturated rings. The molecule has 0 aliphatic rings. The number of carboxylic acids is 1. The molecule has 7 heteroatoms. The fourth-order valence-electron chi connectivity index (χ4n) is 1.01. The third-order valence-electron chi connectivity index (χ3n) is 1.67. The lowest BCUT2D eigenvalue weighted by atomic mass is 10.2. The van der Waals surface area contributed by atoms with Crippen molar-refractivity contribution >= 4 is 11.7 Å². The van der Waals surface area contributed by atoms with Crippen LogP contribution in [0.2, 0.25) is 0 Å². The topological polar surface area (TPSA) is 113 Å². The lowest BCUT2D eigenvalue weighted by Gasteiger charge is -1.98. The second kappa shape index (κ2) is 3.29. The summed E-state index contributed by atoms with van der Waals surface area (Å²) in [5.74, 6) is -1.48. The Hall–Kier alpha value is -2.18. The Bertz CT molecular complexity index is 462. The first-order valence-electron chi connectivity index (χ1n) is 3.55. The van der Waals surface area contributed by atoms with E-state index in [1.807, 2.05) is 0 Å². The van der Waals surface area contributed by atoms with Gasteiger partial charge in [-0.3, -0.25) is 14.9 Å². The number of aromatic carboxylic acids is 1. The summed E-state index contributed by atoms with van der Waals surface area (Å²) in [5, 5.41) is 18.9. The Morgan fingerprint density at radius 3 is 2.64 bits per heavy atom. The third kappa shape index (κ3) is 1.47. The molecule has 0 unspecified atom stereocenters. The molecule has 7 nitrogen and oxygen atoms in total. The van der Waals surface area contributed by atoms with Crippen LogP contribution in [-0.4, -0.2) is 21.0 Å². The first-order chi connectivity index (χ1) is 6.45. The van der Waals surface area contributed by atoms with Crippen molar-refractivity contribution < 1.29 is 14.8 Å². The van der Waals surface area contributed by atoms with Crippen LogP contribution in [0.1, 0.15) is 16.1 Å². The van der Waals surface area contributed by atoms with E-state index < -0.39 is 27.6 Å². The number of nitrogens with one attached hydrogen (secondary N) is 1. The summed E-state index contributed by atoms with van der Waals surface area (Å²) >= 11 is 0. The monoisotopic (exact) mass is 198 g/mol. The summed E-state index contributed by atoms with van der Waals surface area (Å²) in [6, 6.07) is 0. The normalized spacial score (nSPS) is 9.79. The molecule has 0 saturated heterocycles. The molecule has 1 rings (SSSR count). The van der Waals surface area contributed by atoms with E-state index in [1.165, 1.54) is 6.92 Å². The Balaban J connectivity index is 3.58. The molecule has 1 aromatic heterocycles. The summed E-state index contributed by atoms with van der Waals surface area (Å²) in [6.45, 7) is 1.36. The Kier molecular flexibility index (Phi) is 2.32. The van der Waals surface area contributed by atoms with E-state index in [9.17, 15) is 19.7 Å². The SMILES string of the molecule is Cc1[nH]cc([N+](=O)[O-])c(=O)c1C(=O)O. The highest BCUT2D eigenvalue weighted by molar-refractivity contribution is 5.89. The lowest BCUT2D eigenvalue weighted by Crippen LogP contribution is -2.20.